The number of para-hydroxylation sites is 1. The van der Waals surface area contributed by atoms with E-state index in [9.17, 15) is 13.2 Å². The van der Waals surface area contributed by atoms with E-state index in [1.165, 1.54) is 0 Å². The zero-order valence-corrected chi connectivity index (χ0v) is 17.8. The van der Waals surface area contributed by atoms with Crippen LogP contribution in [0.5, 0.6) is 0 Å². The summed E-state index contributed by atoms with van der Waals surface area (Å²) >= 11 is 0. The minimum absolute atomic E-state index is 0.0817. The lowest BCUT2D eigenvalue weighted by Crippen LogP contribution is -2.26. The molecule has 2 heterocycles. The number of carbonyl (C=O) groups is 1. The normalized spacial score (nSPS) is 14.5. The molecule has 1 amide bonds. The number of hydrogen-bond acceptors (Lipinski definition) is 4. The van der Waals surface area contributed by atoms with E-state index in [1.54, 1.807) is 29.3 Å². The number of hydrogen-bond donors (Lipinski definition) is 1. The van der Waals surface area contributed by atoms with Gasteiger partial charge < -0.3 is 9.47 Å². The number of anilines is 1. The maximum Gasteiger partial charge on any atom is 0.240 e. The first-order valence-corrected chi connectivity index (χ1v) is 11.3. The summed E-state index contributed by atoms with van der Waals surface area (Å²) < 4.78 is 30.4. The molecule has 0 atom stereocenters. The Bertz CT molecular complexity index is 1200. The van der Waals surface area contributed by atoms with Gasteiger partial charge in [0.2, 0.25) is 15.9 Å². The number of nitrogens with zero attached hydrogens (tertiary/aromatic N) is 3. The molecule has 8 heteroatoms. The van der Waals surface area contributed by atoms with Gasteiger partial charge in [-0.15, -0.1) is 0 Å². The molecular weight excluding hydrogens is 400 g/mol. The van der Waals surface area contributed by atoms with Crippen molar-refractivity contribution in [3.63, 3.8) is 0 Å². The Morgan fingerprint density at radius 3 is 2.57 bits per heavy atom. The summed E-state index contributed by atoms with van der Waals surface area (Å²) in [5, 5.41) is 0. The standard InChI is InChI=1S/C22H24N4O3S/c1-16-14-19(9-10-20(16)26-12-5-8-22(26)27)30(28,29)24-15-18-6-3-4-7-21(18)25-13-11-23-17(25)2/h3-4,6-7,9-11,13-14,24H,5,8,12,15H2,1-2H3. The monoisotopic (exact) mass is 424 g/mol. The smallest absolute Gasteiger partial charge is 0.240 e. The molecule has 0 unspecified atom stereocenters. The summed E-state index contributed by atoms with van der Waals surface area (Å²) in [5.41, 5.74) is 3.27. The summed E-state index contributed by atoms with van der Waals surface area (Å²) in [6.07, 6.45) is 4.93. The number of amides is 1. The Labute approximate surface area is 176 Å². The SMILES string of the molecule is Cc1cc(S(=O)(=O)NCc2ccccc2-n2ccnc2C)ccc1N1CCCC1=O. The van der Waals surface area contributed by atoms with Gasteiger partial charge in [0.15, 0.2) is 0 Å². The molecule has 7 nitrogen and oxygen atoms in total. The molecular formula is C22H24N4O3S. The van der Waals surface area contributed by atoms with Gasteiger partial charge in [-0.3, -0.25) is 4.79 Å². The van der Waals surface area contributed by atoms with E-state index in [0.29, 0.717) is 13.0 Å². The molecule has 156 valence electrons. The van der Waals surface area contributed by atoms with Crippen molar-refractivity contribution in [3.05, 3.63) is 71.8 Å². The van der Waals surface area contributed by atoms with Crippen molar-refractivity contribution < 1.29 is 13.2 Å². The van der Waals surface area contributed by atoms with Crippen LogP contribution in [0.15, 0.2) is 59.8 Å². The zero-order valence-electron chi connectivity index (χ0n) is 17.0. The number of sulfonamides is 1. The average molecular weight is 425 g/mol. The largest absolute Gasteiger partial charge is 0.312 e. The Hall–Kier alpha value is -2.97. The molecule has 2 aromatic carbocycles. The average Bonchev–Trinajstić information content (AvgIpc) is 3.34. The third-order valence-electron chi connectivity index (χ3n) is 5.37. The first-order chi connectivity index (χ1) is 14.4. The van der Waals surface area contributed by atoms with Gasteiger partial charge >= 0.3 is 0 Å². The van der Waals surface area contributed by atoms with E-state index >= 15 is 0 Å². The van der Waals surface area contributed by atoms with Gasteiger partial charge in [0, 0.05) is 37.6 Å². The lowest BCUT2D eigenvalue weighted by atomic mass is 10.2. The van der Waals surface area contributed by atoms with Crippen LogP contribution in [-0.2, 0) is 21.4 Å². The van der Waals surface area contributed by atoms with Gasteiger partial charge in [0.1, 0.15) is 5.82 Å². The van der Waals surface area contributed by atoms with Crippen LogP contribution in [0, 0.1) is 13.8 Å². The molecule has 1 N–H and O–H groups in total. The van der Waals surface area contributed by atoms with Crippen LogP contribution < -0.4 is 9.62 Å². The quantitative estimate of drug-likeness (QED) is 0.659. The van der Waals surface area contributed by atoms with Crippen molar-refractivity contribution in [1.29, 1.82) is 0 Å². The molecule has 1 aliphatic rings. The van der Waals surface area contributed by atoms with Crippen molar-refractivity contribution in [3.8, 4) is 5.69 Å². The van der Waals surface area contributed by atoms with Crippen LogP contribution in [0.4, 0.5) is 5.69 Å². The number of carbonyl (C=O) groups excluding carboxylic acids is 1. The molecule has 0 aliphatic carbocycles. The van der Waals surface area contributed by atoms with Gasteiger partial charge in [-0.25, -0.2) is 18.1 Å². The van der Waals surface area contributed by atoms with Gasteiger partial charge in [-0.2, -0.15) is 0 Å². The van der Waals surface area contributed by atoms with Gasteiger partial charge in [-0.1, -0.05) is 18.2 Å². The first kappa shape index (κ1) is 20.3. The summed E-state index contributed by atoms with van der Waals surface area (Å²) in [6, 6.07) is 12.5. The van der Waals surface area contributed by atoms with E-state index in [-0.39, 0.29) is 17.3 Å². The number of aryl methyl sites for hydroxylation is 2. The van der Waals surface area contributed by atoms with Crippen LogP contribution in [0.3, 0.4) is 0 Å². The molecule has 1 saturated heterocycles. The molecule has 0 radical (unpaired) electrons. The molecule has 0 saturated carbocycles. The molecule has 1 aliphatic heterocycles. The summed E-state index contributed by atoms with van der Waals surface area (Å²) in [4.78, 5) is 18.2. The lowest BCUT2D eigenvalue weighted by Gasteiger charge is -2.19. The summed E-state index contributed by atoms with van der Waals surface area (Å²) in [7, 11) is -3.71. The minimum atomic E-state index is -3.71. The highest BCUT2D eigenvalue weighted by Crippen LogP contribution is 2.27. The van der Waals surface area contributed by atoms with E-state index in [1.807, 2.05) is 48.9 Å². The predicted octanol–water partition coefficient (Wildman–Crippen LogP) is 3.09. The maximum atomic E-state index is 12.9. The Balaban J connectivity index is 1.56. The fourth-order valence-corrected chi connectivity index (χ4v) is 4.88. The third-order valence-corrected chi connectivity index (χ3v) is 6.77. The highest BCUT2D eigenvalue weighted by molar-refractivity contribution is 7.89. The molecule has 1 fully saturated rings. The fourth-order valence-electron chi connectivity index (χ4n) is 3.78. The van der Waals surface area contributed by atoms with E-state index in [2.05, 4.69) is 9.71 Å². The Morgan fingerprint density at radius 1 is 1.10 bits per heavy atom. The van der Waals surface area contributed by atoms with Crippen LogP contribution in [0.1, 0.15) is 29.8 Å². The number of nitrogens with one attached hydrogen (secondary N) is 1. The maximum absolute atomic E-state index is 12.9. The van der Waals surface area contributed by atoms with Crippen LogP contribution >= 0.6 is 0 Å². The highest BCUT2D eigenvalue weighted by Gasteiger charge is 2.24. The van der Waals surface area contributed by atoms with Crippen LogP contribution in [-0.4, -0.2) is 30.4 Å². The Kier molecular flexibility index (Phi) is 5.44. The van der Waals surface area contributed by atoms with E-state index in [4.69, 9.17) is 0 Å². The first-order valence-electron chi connectivity index (χ1n) is 9.86. The summed E-state index contributed by atoms with van der Waals surface area (Å²) in [5.74, 6) is 0.909. The second-order valence-electron chi connectivity index (χ2n) is 7.39. The van der Waals surface area contributed by atoms with Crippen molar-refractivity contribution in [2.75, 3.05) is 11.4 Å². The van der Waals surface area contributed by atoms with Gasteiger partial charge in [0.05, 0.1) is 10.6 Å². The topological polar surface area (TPSA) is 84.3 Å². The molecule has 1 aromatic heterocycles. The summed E-state index contributed by atoms with van der Waals surface area (Å²) in [6.45, 7) is 4.56. The number of aromatic nitrogens is 2. The van der Waals surface area contributed by atoms with E-state index in [0.717, 1.165) is 34.7 Å². The second-order valence-corrected chi connectivity index (χ2v) is 9.16. The van der Waals surface area contributed by atoms with Crippen molar-refractivity contribution in [1.82, 2.24) is 14.3 Å². The zero-order chi connectivity index (χ0) is 21.3. The van der Waals surface area contributed by atoms with Crippen molar-refractivity contribution >= 4 is 21.6 Å². The molecule has 3 aromatic rings. The fraction of sp³-hybridized carbons (Fsp3) is 0.273. The van der Waals surface area contributed by atoms with Crippen molar-refractivity contribution in [2.24, 2.45) is 0 Å². The van der Waals surface area contributed by atoms with Gasteiger partial charge in [0.25, 0.3) is 0 Å². The Morgan fingerprint density at radius 2 is 1.90 bits per heavy atom. The minimum Gasteiger partial charge on any atom is -0.312 e. The lowest BCUT2D eigenvalue weighted by molar-refractivity contribution is -0.117. The molecule has 0 spiro atoms. The van der Waals surface area contributed by atoms with Crippen molar-refractivity contribution in [2.45, 2.75) is 38.1 Å². The highest BCUT2D eigenvalue weighted by atomic mass is 32.2. The van der Waals surface area contributed by atoms with Crippen LogP contribution in [0.25, 0.3) is 5.69 Å². The third kappa shape index (κ3) is 3.88. The van der Waals surface area contributed by atoms with Gasteiger partial charge in [-0.05, 0) is 55.7 Å². The second kappa shape index (κ2) is 8.04. The number of imidazole rings is 1. The molecule has 4 rings (SSSR count). The molecule has 0 bridgehead atoms. The van der Waals surface area contributed by atoms with Crippen LogP contribution in [0.2, 0.25) is 0 Å². The number of benzene rings is 2. The number of rotatable bonds is 6. The van der Waals surface area contributed by atoms with E-state index < -0.39 is 10.0 Å². The molecule has 30 heavy (non-hydrogen) atoms. The predicted molar refractivity (Wildman–Crippen MR) is 115 cm³/mol.